The van der Waals surface area contributed by atoms with Crippen LogP contribution >= 0.6 is 11.8 Å². The molecule has 0 fully saturated rings. The van der Waals surface area contributed by atoms with Crippen LogP contribution in [0, 0.1) is 5.92 Å². The molecule has 0 aliphatic rings. The number of benzene rings is 1. The highest BCUT2D eigenvalue weighted by atomic mass is 32.2. The lowest BCUT2D eigenvalue weighted by Gasteiger charge is -2.17. The van der Waals surface area contributed by atoms with E-state index in [4.69, 9.17) is 4.74 Å². The number of allylic oxidation sites excluding steroid dienone is 1. The van der Waals surface area contributed by atoms with Gasteiger partial charge >= 0.3 is 0 Å². The Kier molecular flexibility index (Phi) is 7.26. The molecule has 1 aromatic carbocycles. The summed E-state index contributed by atoms with van der Waals surface area (Å²) < 4.78 is 7.15. The van der Waals surface area contributed by atoms with E-state index in [1.54, 1.807) is 13.2 Å². The van der Waals surface area contributed by atoms with Crippen molar-refractivity contribution < 1.29 is 9.53 Å². The predicted molar refractivity (Wildman–Crippen MR) is 105 cm³/mol. The highest BCUT2D eigenvalue weighted by Gasteiger charge is 2.16. The minimum Gasteiger partial charge on any atom is -0.497 e. The largest absolute Gasteiger partial charge is 0.497 e. The van der Waals surface area contributed by atoms with Crippen LogP contribution in [0.5, 0.6) is 5.75 Å². The van der Waals surface area contributed by atoms with Crippen molar-refractivity contribution in [1.29, 1.82) is 0 Å². The first-order valence-corrected chi connectivity index (χ1v) is 9.55. The molecular formula is C19H26N4O2S. The molecule has 1 heterocycles. The fourth-order valence-electron chi connectivity index (χ4n) is 2.24. The Balaban J connectivity index is 2.12. The molecule has 0 unspecified atom stereocenters. The normalized spacial score (nSPS) is 12.0. The molecule has 0 saturated heterocycles. The summed E-state index contributed by atoms with van der Waals surface area (Å²) in [5.41, 5.74) is 0.935. The quantitative estimate of drug-likeness (QED) is 0.538. The van der Waals surface area contributed by atoms with Gasteiger partial charge in [-0.3, -0.25) is 9.36 Å². The van der Waals surface area contributed by atoms with Gasteiger partial charge in [0.1, 0.15) is 5.75 Å². The number of thioether (sulfide) groups is 1. The highest BCUT2D eigenvalue weighted by molar-refractivity contribution is 7.99. The van der Waals surface area contributed by atoms with Crippen LogP contribution in [0.15, 0.2) is 42.1 Å². The first kappa shape index (κ1) is 20.0. The Morgan fingerprint density at radius 3 is 2.58 bits per heavy atom. The molecule has 0 radical (unpaired) electrons. The summed E-state index contributed by atoms with van der Waals surface area (Å²) in [6.45, 7) is 10.6. The van der Waals surface area contributed by atoms with E-state index in [9.17, 15) is 4.79 Å². The monoisotopic (exact) mass is 374 g/mol. The number of aromatic nitrogens is 3. The molecule has 0 bridgehead atoms. The van der Waals surface area contributed by atoms with Gasteiger partial charge in [-0.1, -0.05) is 31.7 Å². The van der Waals surface area contributed by atoms with Crippen molar-refractivity contribution in [3.63, 3.8) is 0 Å². The van der Waals surface area contributed by atoms with Gasteiger partial charge in [0.05, 0.1) is 12.9 Å². The van der Waals surface area contributed by atoms with E-state index in [-0.39, 0.29) is 11.9 Å². The summed E-state index contributed by atoms with van der Waals surface area (Å²) in [5, 5.41) is 12.3. The van der Waals surface area contributed by atoms with Crippen molar-refractivity contribution >= 4 is 17.7 Å². The number of nitrogens with zero attached hydrogens (tertiary/aromatic N) is 3. The number of nitrogens with one attached hydrogen (secondary N) is 1. The Morgan fingerprint density at radius 1 is 1.31 bits per heavy atom. The summed E-state index contributed by atoms with van der Waals surface area (Å²) in [6, 6.07) is 7.79. The van der Waals surface area contributed by atoms with E-state index in [1.165, 1.54) is 11.8 Å². The lowest BCUT2D eigenvalue weighted by atomic mass is 10.1. The third-order valence-corrected chi connectivity index (χ3v) is 5.06. The average Bonchev–Trinajstić information content (AvgIpc) is 3.03. The molecule has 2 rings (SSSR count). The Bertz CT molecular complexity index is 740. The minimum absolute atomic E-state index is 0.00431. The Morgan fingerprint density at radius 2 is 2.00 bits per heavy atom. The number of methoxy groups -OCH3 is 1. The molecule has 0 spiro atoms. The van der Waals surface area contributed by atoms with Crippen LogP contribution in [0.1, 0.15) is 20.8 Å². The summed E-state index contributed by atoms with van der Waals surface area (Å²) in [5.74, 6) is 2.22. The molecule has 0 aliphatic carbocycles. The number of hydrogen-bond acceptors (Lipinski definition) is 5. The van der Waals surface area contributed by atoms with Crippen LogP contribution in [0.3, 0.4) is 0 Å². The molecule has 1 atom stereocenters. The first-order valence-electron chi connectivity index (χ1n) is 8.57. The first-order chi connectivity index (χ1) is 12.5. The zero-order valence-corrected chi connectivity index (χ0v) is 16.5. The van der Waals surface area contributed by atoms with Crippen LogP contribution in [0.2, 0.25) is 0 Å². The Hall–Kier alpha value is -2.28. The van der Waals surface area contributed by atoms with Gasteiger partial charge in [0.15, 0.2) is 11.0 Å². The average molecular weight is 375 g/mol. The molecule has 2 aromatic rings. The number of ether oxygens (including phenoxy) is 1. The number of rotatable bonds is 9. The van der Waals surface area contributed by atoms with Crippen molar-refractivity contribution in [3.8, 4) is 17.1 Å². The minimum atomic E-state index is -0.00431. The van der Waals surface area contributed by atoms with Crippen LogP contribution < -0.4 is 10.1 Å². The third kappa shape index (κ3) is 5.11. The van der Waals surface area contributed by atoms with Gasteiger partial charge in [-0.2, -0.15) is 0 Å². The SMILES string of the molecule is C=CCn1c(SCC(=O)N[C@@H](C)C(C)C)nnc1-c1ccc(OC)cc1. The summed E-state index contributed by atoms with van der Waals surface area (Å²) in [4.78, 5) is 12.1. The highest BCUT2D eigenvalue weighted by Crippen LogP contribution is 2.25. The van der Waals surface area contributed by atoms with Crippen molar-refractivity contribution in [2.24, 2.45) is 5.92 Å². The van der Waals surface area contributed by atoms with E-state index < -0.39 is 0 Å². The predicted octanol–water partition coefficient (Wildman–Crippen LogP) is 3.39. The molecule has 7 heteroatoms. The fraction of sp³-hybridized carbons (Fsp3) is 0.421. The topological polar surface area (TPSA) is 69.0 Å². The second kappa shape index (κ2) is 9.43. The molecule has 140 valence electrons. The lowest BCUT2D eigenvalue weighted by molar-refractivity contribution is -0.119. The van der Waals surface area contributed by atoms with E-state index in [2.05, 4.69) is 35.9 Å². The van der Waals surface area contributed by atoms with E-state index in [0.717, 1.165) is 17.1 Å². The second-order valence-electron chi connectivity index (χ2n) is 6.32. The zero-order chi connectivity index (χ0) is 19.1. The summed E-state index contributed by atoms with van der Waals surface area (Å²) >= 11 is 1.38. The maximum atomic E-state index is 12.1. The van der Waals surface area contributed by atoms with Gasteiger partial charge in [-0.15, -0.1) is 16.8 Å². The van der Waals surface area contributed by atoms with Crippen LogP contribution in [-0.2, 0) is 11.3 Å². The second-order valence-corrected chi connectivity index (χ2v) is 7.27. The summed E-state index contributed by atoms with van der Waals surface area (Å²) in [6.07, 6.45) is 1.79. The van der Waals surface area contributed by atoms with Crippen molar-refractivity contribution in [3.05, 3.63) is 36.9 Å². The van der Waals surface area contributed by atoms with E-state index in [1.807, 2.05) is 35.8 Å². The van der Waals surface area contributed by atoms with Crippen LogP contribution in [-0.4, -0.2) is 39.6 Å². The van der Waals surface area contributed by atoms with Crippen molar-refractivity contribution in [1.82, 2.24) is 20.1 Å². The summed E-state index contributed by atoms with van der Waals surface area (Å²) in [7, 11) is 1.63. The van der Waals surface area contributed by atoms with Gasteiger partial charge in [0.25, 0.3) is 0 Å². The Labute approximate surface area is 159 Å². The molecule has 26 heavy (non-hydrogen) atoms. The molecule has 1 amide bonds. The number of hydrogen-bond donors (Lipinski definition) is 1. The van der Waals surface area contributed by atoms with Gasteiger partial charge in [-0.25, -0.2) is 0 Å². The van der Waals surface area contributed by atoms with Crippen LogP contribution in [0.4, 0.5) is 0 Å². The molecule has 0 saturated carbocycles. The molecule has 0 aliphatic heterocycles. The van der Waals surface area contributed by atoms with Gasteiger partial charge in [0, 0.05) is 18.2 Å². The maximum absolute atomic E-state index is 12.1. The third-order valence-electron chi connectivity index (χ3n) is 4.10. The molecule has 1 aromatic heterocycles. The maximum Gasteiger partial charge on any atom is 0.230 e. The molecule has 6 nitrogen and oxygen atoms in total. The molecular weight excluding hydrogens is 348 g/mol. The number of carbonyl (C=O) groups is 1. The smallest absolute Gasteiger partial charge is 0.230 e. The zero-order valence-electron chi connectivity index (χ0n) is 15.7. The molecule has 1 N–H and O–H groups in total. The van der Waals surface area contributed by atoms with Gasteiger partial charge < -0.3 is 10.1 Å². The van der Waals surface area contributed by atoms with Crippen LogP contribution in [0.25, 0.3) is 11.4 Å². The van der Waals surface area contributed by atoms with Gasteiger partial charge in [-0.05, 0) is 37.1 Å². The van der Waals surface area contributed by atoms with Crippen molar-refractivity contribution in [2.75, 3.05) is 12.9 Å². The standard InChI is InChI=1S/C19H26N4O2S/c1-6-11-23-18(15-7-9-16(25-5)10-8-15)21-22-19(23)26-12-17(24)20-14(4)13(2)3/h6-10,13-14H,1,11-12H2,2-5H3,(H,20,24)/t14-/m0/s1. The number of amides is 1. The fourth-order valence-corrected chi connectivity index (χ4v) is 2.99. The van der Waals surface area contributed by atoms with E-state index in [0.29, 0.717) is 23.4 Å². The lowest BCUT2D eigenvalue weighted by Crippen LogP contribution is -2.37. The van der Waals surface area contributed by atoms with Crippen molar-refractivity contribution in [2.45, 2.75) is 38.5 Å². The number of carbonyl (C=O) groups excluding carboxylic acids is 1. The van der Waals surface area contributed by atoms with Gasteiger partial charge in [0.2, 0.25) is 5.91 Å². The van der Waals surface area contributed by atoms with E-state index >= 15 is 0 Å².